The first kappa shape index (κ1) is 13.2. The van der Waals surface area contributed by atoms with Crippen LogP contribution >= 0.6 is 0 Å². The minimum atomic E-state index is -4.17. The number of hydrogen-bond acceptors (Lipinski definition) is 3. The van der Waals surface area contributed by atoms with Crippen molar-refractivity contribution >= 4 is 21.5 Å². The van der Waals surface area contributed by atoms with E-state index in [4.69, 9.17) is 4.55 Å². The number of aliphatic imine (C=N–C) groups is 1. The maximum Gasteiger partial charge on any atom is 0.294 e. The van der Waals surface area contributed by atoms with Gasteiger partial charge < -0.3 is 0 Å². The topological polar surface area (TPSA) is 66.7 Å². The molecule has 0 aliphatic carbocycles. The molecule has 1 aliphatic heterocycles. The molecule has 1 N–H and O–H groups in total. The largest absolute Gasteiger partial charge is 0.294 e. The number of nitrogens with zero attached hydrogens (tertiary/aromatic N) is 1. The molecule has 1 heterocycles. The van der Waals surface area contributed by atoms with E-state index in [-0.39, 0.29) is 10.3 Å². The summed E-state index contributed by atoms with van der Waals surface area (Å²) in [6, 6.07) is 4.57. The third-order valence-corrected chi connectivity index (χ3v) is 4.87. The number of hydrogen-bond donors (Lipinski definition) is 1. The first-order valence-corrected chi connectivity index (χ1v) is 7.29. The van der Waals surface area contributed by atoms with Gasteiger partial charge in [-0.15, -0.1) is 0 Å². The SMILES string of the molecule is CC1=Nc2ccc(S(=O)(=O)O)cc2C1(C)C(C)C. The Balaban J connectivity index is 2.68. The van der Waals surface area contributed by atoms with Crippen LogP contribution in [0, 0.1) is 5.92 Å². The van der Waals surface area contributed by atoms with Crippen molar-refractivity contribution in [3.63, 3.8) is 0 Å². The molecule has 1 aromatic carbocycles. The Kier molecular flexibility index (Phi) is 2.87. The summed E-state index contributed by atoms with van der Waals surface area (Å²) in [4.78, 5) is 4.42. The Morgan fingerprint density at radius 1 is 1.33 bits per heavy atom. The van der Waals surface area contributed by atoms with E-state index in [2.05, 4.69) is 25.8 Å². The van der Waals surface area contributed by atoms with E-state index in [9.17, 15) is 8.42 Å². The normalized spacial score (nSPS) is 23.1. The van der Waals surface area contributed by atoms with Crippen molar-refractivity contribution in [3.05, 3.63) is 23.8 Å². The molecule has 98 valence electrons. The lowest BCUT2D eigenvalue weighted by Gasteiger charge is -2.30. The maximum atomic E-state index is 11.2. The zero-order valence-electron chi connectivity index (χ0n) is 10.9. The summed E-state index contributed by atoms with van der Waals surface area (Å²) in [5, 5.41) is 0. The summed E-state index contributed by atoms with van der Waals surface area (Å²) in [6.45, 7) is 8.16. The van der Waals surface area contributed by atoms with E-state index >= 15 is 0 Å². The summed E-state index contributed by atoms with van der Waals surface area (Å²) in [5.41, 5.74) is 2.34. The summed E-state index contributed by atoms with van der Waals surface area (Å²) in [6.07, 6.45) is 0. The fourth-order valence-corrected chi connectivity index (χ4v) is 2.92. The summed E-state index contributed by atoms with van der Waals surface area (Å²) >= 11 is 0. The third kappa shape index (κ3) is 1.78. The zero-order valence-corrected chi connectivity index (χ0v) is 11.7. The fourth-order valence-electron chi connectivity index (χ4n) is 2.41. The van der Waals surface area contributed by atoms with Gasteiger partial charge in [-0.1, -0.05) is 13.8 Å². The Morgan fingerprint density at radius 2 is 1.94 bits per heavy atom. The highest BCUT2D eigenvalue weighted by Gasteiger charge is 2.40. The van der Waals surface area contributed by atoms with Crippen LogP contribution in [0.15, 0.2) is 28.1 Å². The minimum Gasteiger partial charge on any atom is -0.282 e. The Morgan fingerprint density at radius 3 is 2.44 bits per heavy atom. The average molecular weight is 267 g/mol. The monoisotopic (exact) mass is 267 g/mol. The zero-order chi connectivity index (χ0) is 13.7. The van der Waals surface area contributed by atoms with Gasteiger partial charge in [0.05, 0.1) is 10.6 Å². The average Bonchev–Trinajstić information content (AvgIpc) is 2.51. The van der Waals surface area contributed by atoms with E-state index in [0.29, 0.717) is 5.92 Å². The lowest BCUT2D eigenvalue weighted by Crippen LogP contribution is -2.33. The van der Waals surface area contributed by atoms with Gasteiger partial charge in [-0.3, -0.25) is 9.55 Å². The lowest BCUT2D eigenvalue weighted by atomic mass is 9.71. The van der Waals surface area contributed by atoms with Crippen LogP contribution in [-0.2, 0) is 15.5 Å². The highest BCUT2D eigenvalue weighted by atomic mass is 32.2. The standard InChI is InChI=1S/C13H17NO3S/c1-8(2)13(4)9(3)14-12-6-5-10(7-11(12)13)18(15,16)17/h5-8H,1-4H3,(H,15,16,17). The molecule has 1 aromatic rings. The van der Waals surface area contributed by atoms with Crippen LogP contribution in [0.25, 0.3) is 0 Å². The predicted molar refractivity (Wildman–Crippen MR) is 71.2 cm³/mol. The molecule has 0 bridgehead atoms. The van der Waals surface area contributed by atoms with Crippen molar-refractivity contribution in [1.82, 2.24) is 0 Å². The molecule has 0 fully saturated rings. The number of benzene rings is 1. The van der Waals surface area contributed by atoms with Gasteiger partial charge >= 0.3 is 0 Å². The van der Waals surface area contributed by atoms with Crippen LogP contribution in [0.2, 0.25) is 0 Å². The number of fused-ring (bicyclic) bond motifs is 1. The van der Waals surface area contributed by atoms with Crippen molar-refractivity contribution in [2.75, 3.05) is 0 Å². The van der Waals surface area contributed by atoms with Crippen LogP contribution in [0.5, 0.6) is 0 Å². The highest BCUT2D eigenvalue weighted by Crippen LogP contribution is 2.45. The second-order valence-electron chi connectivity index (χ2n) is 5.21. The van der Waals surface area contributed by atoms with Gasteiger partial charge in [0.15, 0.2) is 0 Å². The second-order valence-corrected chi connectivity index (χ2v) is 6.63. The summed E-state index contributed by atoms with van der Waals surface area (Å²) < 4.78 is 31.6. The number of rotatable bonds is 2. The molecule has 0 spiro atoms. The Hall–Kier alpha value is -1.20. The third-order valence-electron chi connectivity index (χ3n) is 4.02. The molecule has 0 radical (unpaired) electrons. The molecule has 1 atom stereocenters. The van der Waals surface area contributed by atoms with Crippen molar-refractivity contribution in [1.29, 1.82) is 0 Å². The van der Waals surface area contributed by atoms with Gasteiger partial charge in [0.25, 0.3) is 10.1 Å². The molecule has 18 heavy (non-hydrogen) atoms. The van der Waals surface area contributed by atoms with Crippen LogP contribution in [0.3, 0.4) is 0 Å². The maximum absolute atomic E-state index is 11.2. The minimum absolute atomic E-state index is 0.0713. The predicted octanol–water partition coefficient (Wildman–Crippen LogP) is 2.95. The second kappa shape index (κ2) is 3.90. The molecule has 0 saturated heterocycles. The van der Waals surface area contributed by atoms with Gasteiger partial charge in [-0.2, -0.15) is 8.42 Å². The Labute approximate surface area is 108 Å². The van der Waals surface area contributed by atoms with Crippen LogP contribution in [0.4, 0.5) is 5.69 Å². The van der Waals surface area contributed by atoms with Gasteiger partial charge in [-0.25, -0.2) is 0 Å². The summed E-state index contributed by atoms with van der Waals surface area (Å²) in [7, 11) is -4.17. The molecule has 1 unspecified atom stereocenters. The van der Waals surface area contributed by atoms with Gasteiger partial charge in [0.2, 0.25) is 0 Å². The van der Waals surface area contributed by atoms with Crippen LogP contribution in [-0.4, -0.2) is 18.7 Å². The van der Waals surface area contributed by atoms with E-state index in [1.54, 1.807) is 6.07 Å². The molecule has 0 saturated carbocycles. The molecule has 5 heteroatoms. The van der Waals surface area contributed by atoms with E-state index < -0.39 is 10.1 Å². The molecule has 4 nitrogen and oxygen atoms in total. The van der Waals surface area contributed by atoms with Crippen molar-refractivity contribution in [3.8, 4) is 0 Å². The lowest BCUT2D eigenvalue weighted by molar-refractivity contribution is 0.454. The first-order valence-electron chi connectivity index (χ1n) is 5.85. The molecule has 0 aromatic heterocycles. The summed E-state index contributed by atoms with van der Waals surface area (Å²) in [5.74, 6) is 0.291. The fraction of sp³-hybridized carbons (Fsp3) is 0.462. The van der Waals surface area contributed by atoms with Crippen molar-refractivity contribution < 1.29 is 13.0 Å². The molecule has 1 aliphatic rings. The molecule has 0 amide bonds. The first-order chi connectivity index (χ1) is 8.17. The Bertz CT molecular complexity index is 632. The van der Waals surface area contributed by atoms with Crippen molar-refractivity contribution in [2.45, 2.75) is 38.0 Å². The smallest absolute Gasteiger partial charge is 0.282 e. The van der Waals surface area contributed by atoms with Gasteiger partial charge in [0, 0.05) is 11.1 Å². The van der Waals surface area contributed by atoms with Crippen molar-refractivity contribution in [2.24, 2.45) is 10.9 Å². The van der Waals surface area contributed by atoms with Crippen LogP contribution in [0.1, 0.15) is 33.3 Å². The van der Waals surface area contributed by atoms with E-state index in [1.165, 1.54) is 12.1 Å². The van der Waals surface area contributed by atoms with Gasteiger partial charge in [-0.05, 0) is 43.5 Å². The van der Waals surface area contributed by atoms with E-state index in [1.807, 2.05) is 6.92 Å². The quantitative estimate of drug-likeness (QED) is 0.838. The highest BCUT2D eigenvalue weighted by molar-refractivity contribution is 7.85. The van der Waals surface area contributed by atoms with Gasteiger partial charge in [0.1, 0.15) is 0 Å². The molecular weight excluding hydrogens is 250 g/mol. The van der Waals surface area contributed by atoms with Crippen LogP contribution < -0.4 is 0 Å². The molecule has 2 rings (SSSR count). The molecular formula is C13H17NO3S. The van der Waals surface area contributed by atoms with E-state index in [0.717, 1.165) is 17.0 Å².